The molecule has 2 unspecified atom stereocenters. The van der Waals surface area contributed by atoms with Gasteiger partial charge in [0.25, 0.3) is 0 Å². The van der Waals surface area contributed by atoms with Crippen LogP contribution in [0.2, 0.25) is 0 Å². The zero-order chi connectivity index (χ0) is 22.2. The molecular weight excluding hydrogens is 392 g/mol. The smallest absolute Gasteiger partial charge is 0.217 e. The maximum Gasteiger partial charge on any atom is 0.217 e. The molecule has 1 rings (SSSR count). The average Bonchev–Trinajstić information content (AvgIpc) is 3.05. The summed E-state index contributed by atoms with van der Waals surface area (Å²) < 4.78 is 31.7. The Balaban J connectivity index is 0.00000113. The zero-order valence-corrected chi connectivity index (χ0v) is 19.9. The van der Waals surface area contributed by atoms with Crippen LogP contribution in [0.1, 0.15) is 97.3 Å². The van der Waals surface area contributed by atoms with Crippen LogP contribution in [0, 0.1) is 0 Å². The summed E-state index contributed by atoms with van der Waals surface area (Å²) in [4.78, 5) is 4.63. The van der Waals surface area contributed by atoms with Gasteiger partial charge in [0.1, 0.15) is 6.54 Å². The van der Waals surface area contributed by atoms with E-state index in [1.807, 2.05) is 6.92 Å². The maximum absolute atomic E-state index is 9.96. The van der Waals surface area contributed by atoms with Crippen molar-refractivity contribution in [2.24, 2.45) is 4.99 Å². The summed E-state index contributed by atoms with van der Waals surface area (Å²) in [6, 6.07) is 0. The maximum atomic E-state index is 9.96. The molecule has 0 aromatic rings. The van der Waals surface area contributed by atoms with Crippen molar-refractivity contribution in [1.82, 2.24) is 0 Å². The van der Waals surface area contributed by atoms with E-state index >= 15 is 0 Å². The number of amidine groups is 1. The number of aliphatic imine (C=N–C) groups is 1. The number of aliphatic hydroxyl groups excluding tert-OH is 1. The van der Waals surface area contributed by atoms with Crippen LogP contribution in [0.3, 0.4) is 0 Å². The summed E-state index contributed by atoms with van der Waals surface area (Å²) in [6.45, 7) is 6.02. The first-order valence-electron chi connectivity index (χ1n) is 11.3. The van der Waals surface area contributed by atoms with Gasteiger partial charge in [0, 0.05) is 13.3 Å². The van der Waals surface area contributed by atoms with Crippen LogP contribution in [0.25, 0.3) is 0 Å². The minimum absolute atomic E-state index is 0.325. The number of hydrogen-bond donors (Lipinski definition) is 1. The number of quaternary nitrogens is 1. The Kier molecular flexibility index (Phi) is 15.9. The third-order valence-corrected chi connectivity index (χ3v) is 6.14. The summed E-state index contributed by atoms with van der Waals surface area (Å²) in [5, 5.41) is 9.96. The van der Waals surface area contributed by atoms with Crippen LogP contribution in [-0.2, 0) is 14.6 Å². The predicted molar refractivity (Wildman–Crippen MR) is 117 cm³/mol. The van der Waals surface area contributed by atoms with Crippen molar-refractivity contribution in [3.63, 3.8) is 0 Å². The van der Waals surface area contributed by atoms with E-state index in [0.717, 1.165) is 26.6 Å². The van der Waals surface area contributed by atoms with Crippen molar-refractivity contribution >= 4 is 16.2 Å². The van der Waals surface area contributed by atoms with Gasteiger partial charge >= 0.3 is 0 Å². The highest BCUT2D eigenvalue weighted by atomic mass is 32.3. The Bertz CT molecular complexity index is 537. The zero-order valence-electron chi connectivity index (χ0n) is 19.1. The normalized spacial score (nSPS) is 20.1. The Hall–Kier alpha value is -0.540. The third kappa shape index (κ3) is 14.2. The lowest BCUT2D eigenvalue weighted by atomic mass is 10.0. The van der Waals surface area contributed by atoms with Gasteiger partial charge in [-0.25, -0.2) is 13.4 Å². The molecule has 0 saturated carbocycles. The van der Waals surface area contributed by atoms with Gasteiger partial charge in [-0.1, -0.05) is 77.6 Å². The van der Waals surface area contributed by atoms with Crippen LogP contribution in [0.5, 0.6) is 0 Å². The monoisotopic (exact) mass is 436 g/mol. The molecule has 0 aromatic carbocycles. The van der Waals surface area contributed by atoms with Gasteiger partial charge in [-0.2, -0.15) is 0 Å². The first-order valence-corrected chi connectivity index (χ1v) is 12.6. The molecule has 1 aliphatic heterocycles. The van der Waals surface area contributed by atoms with Crippen LogP contribution in [0.15, 0.2) is 4.99 Å². The molecule has 0 radical (unpaired) electrons. The molecule has 8 heteroatoms. The first-order chi connectivity index (χ1) is 13.7. The number of unbranched alkanes of at least 4 members (excludes halogenated alkanes) is 11. The van der Waals surface area contributed by atoms with Crippen LogP contribution in [0.4, 0.5) is 0 Å². The second-order valence-electron chi connectivity index (χ2n) is 8.14. The Morgan fingerprint density at radius 1 is 1.03 bits per heavy atom. The van der Waals surface area contributed by atoms with E-state index in [0.29, 0.717) is 4.48 Å². The van der Waals surface area contributed by atoms with Gasteiger partial charge in [-0.3, -0.25) is 8.67 Å². The van der Waals surface area contributed by atoms with Crippen LogP contribution < -0.4 is 0 Å². The van der Waals surface area contributed by atoms with Gasteiger partial charge in [-0.05, 0) is 6.42 Å². The quantitative estimate of drug-likeness (QED) is 0.178. The number of rotatable bonds is 15. The standard InChI is InChI=1S/C20H41N2O.CH4O4S/c1-4-5-6-7-8-9-10-11-12-13-14-15-16-20-21-17-18-22(20,3)19(2)23;1-5-6(2,3)4/h19,23H,4-18H2,1-3H3;1H3,(H,2,3,4)/q+1;/p-1. The lowest BCUT2D eigenvalue weighted by Crippen LogP contribution is -2.53. The predicted octanol–water partition coefficient (Wildman–Crippen LogP) is 4.37. The molecule has 29 heavy (non-hydrogen) atoms. The molecule has 2 atom stereocenters. The van der Waals surface area contributed by atoms with E-state index in [-0.39, 0.29) is 6.23 Å². The molecule has 0 fully saturated rings. The fraction of sp³-hybridized carbons (Fsp3) is 0.952. The largest absolute Gasteiger partial charge is 0.726 e. The van der Waals surface area contributed by atoms with E-state index in [2.05, 4.69) is 23.1 Å². The molecule has 0 amide bonds. The van der Waals surface area contributed by atoms with Gasteiger partial charge in [-0.15, -0.1) is 0 Å². The molecule has 174 valence electrons. The molecule has 1 heterocycles. The summed E-state index contributed by atoms with van der Waals surface area (Å²) in [5.41, 5.74) is 0. The van der Waals surface area contributed by atoms with Crippen LogP contribution >= 0.6 is 0 Å². The Morgan fingerprint density at radius 2 is 1.45 bits per heavy atom. The van der Waals surface area contributed by atoms with Crippen molar-refractivity contribution in [3.05, 3.63) is 0 Å². The second kappa shape index (κ2) is 16.2. The third-order valence-electron chi connectivity index (χ3n) is 5.73. The summed E-state index contributed by atoms with van der Waals surface area (Å²) in [7, 11) is -1.48. The SMILES string of the molecule is CCCCCCCCCCCCCCC1=NCC[N+]1(C)C(C)O.COS(=O)(=O)[O-]. The molecule has 7 nitrogen and oxygen atoms in total. The van der Waals surface area contributed by atoms with Crippen molar-refractivity contribution in [2.45, 2.75) is 104 Å². The molecule has 0 aromatic heterocycles. The van der Waals surface area contributed by atoms with E-state index in [9.17, 15) is 18.1 Å². The van der Waals surface area contributed by atoms with Gasteiger partial charge in [0.15, 0.2) is 12.1 Å². The van der Waals surface area contributed by atoms with E-state index in [1.54, 1.807) is 0 Å². The lowest BCUT2D eigenvalue weighted by molar-refractivity contribution is -0.865. The minimum Gasteiger partial charge on any atom is -0.726 e. The van der Waals surface area contributed by atoms with E-state index < -0.39 is 10.4 Å². The number of likely N-dealkylation sites (N-methyl/N-ethyl adjacent to an activating group) is 1. The van der Waals surface area contributed by atoms with Crippen molar-refractivity contribution in [2.75, 3.05) is 27.2 Å². The fourth-order valence-electron chi connectivity index (χ4n) is 3.54. The molecule has 1 N–H and O–H groups in total. The fourth-order valence-corrected chi connectivity index (χ4v) is 3.54. The Morgan fingerprint density at radius 3 is 1.83 bits per heavy atom. The molecule has 0 spiro atoms. The number of aliphatic hydroxyl groups is 1. The van der Waals surface area contributed by atoms with Crippen molar-refractivity contribution < 1.29 is 26.7 Å². The highest BCUT2D eigenvalue weighted by Gasteiger charge is 2.37. The highest BCUT2D eigenvalue weighted by Crippen LogP contribution is 2.20. The first kappa shape index (κ1) is 28.5. The summed E-state index contributed by atoms with van der Waals surface area (Å²) >= 11 is 0. The molecule has 0 aliphatic carbocycles. The van der Waals surface area contributed by atoms with E-state index in [1.165, 1.54) is 82.9 Å². The van der Waals surface area contributed by atoms with Crippen molar-refractivity contribution in [3.8, 4) is 0 Å². The number of nitrogens with zero attached hydrogens (tertiary/aromatic N) is 2. The second-order valence-corrected chi connectivity index (χ2v) is 9.29. The highest BCUT2D eigenvalue weighted by molar-refractivity contribution is 7.80. The minimum atomic E-state index is -4.41. The molecule has 0 saturated heterocycles. The van der Waals surface area contributed by atoms with Gasteiger partial charge < -0.3 is 9.66 Å². The molecular formula is C21H44N2O5S. The lowest BCUT2D eigenvalue weighted by Gasteiger charge is -2.32. The molecule has 0 bridgehead atoms. The van der Waals surface area contributed by atoms with Gasteiger partial charge in [0.05, 0.1) is 20.7 Å². The van der Waals surface area contributed by atoms with Crippen LogP contribution in [-0.4, -0.2) is 61.9 Å². The molecule has 1 aliphatic rings. The van der Waals surface area contributed by atoms with E-state index in [4.69, 9.17) is 0 Å². The summed E-state index contributed by atoms with van der Waals surface area (Å²) in [6.07, 6.45) is 17.4. The topological polar surface area (TPSA) is 99.0 Å². The van der Waals surface area contributed by atoms with Gasteiger partial charge in [0.2, 0.25) is 10.4 Å². The van der Waals surface area contributed by atoms with Crippen molar-refractivity contribution in [1.29, 1.82) is 0 Å². The average molecular weight is 437 g/mol. The number of hydrogen-bond acceptors (Lipinski definition) is 6. The Labute approximate surface area is 179 Å². The summed E-state index contributed by atoms with van der Waals surface area (Å²) in [5.74, 6) is 1.21.